The van der Waals surface area contributed by atoms with Crippen LogP contribution in [0.2, 0.25) is 5.02 Å². The van der Waals surface area contributed by atoms with Gasteiger partial charge in [0.15, 0.2) is 12.1 Å². The first-order chi connectivity index (χ1) is 9.27. The lowest BCUT2D eigenvalue weighted by atomic mass is 9.75. The lowest BCUT2D eigenvalue weighted by molar-refractivity contribution is -0.115. The van der Waals surface area contributed by atoms with Gasteiger partial charge >= 0.3 is 0 Å². The number of Topliss-reactive ketones (excluding diaryl/α,β-unsaturated/α-hetero) is 1. The first-order valence-corrected chi connectivity index (χ1v) is 6.88. The number of hydrogen-bond donors (Lipinski definition) is 1. The molecule has 1 aromatic rings. The molecular weight excluding hydrogens is 276 g/mol. The Bertz CT molecular complexity index is 627. The minimum atomic E-state index is -0.488. The lowest BCUT2D eigenvalue weighted by Crippen LogP contribution is -2.26. The summed E-state index contributed by atoms with van der Waals surface area (Å²) >= 11 is 6.21. The summed E-state index contributed by atoms with van der Waals surface area (Å²) in [5.74, 6) is -0.154. The minimum absolute atomic E-state index is 0.0163. The van der Waals surface area contributed by atoms with Crippen LogP contribution in [0.4, 0.5) is 0 Å². The molecule has 0 spiro atoms. The molecule has 0 aliphatic heterocycles. The van der Waals surface area contributed by atoms with Crippen molar-refractivity contribution < 1.29 is 14.7 Å². The number of aliphatic hydroxyl groups excluding tert-OH is 1. The van der Waals surface area contributed by atoms with Crippen LogP contribution < -0.4 is 0 Å². The second kappa shape index (κ2) is 5.06. The molecule has 1 aromatic carbocycles. The summed E-state index contributed by atoms with van der Waals surface area (Å²) in [5.41, 5.74) is 1.22. The molecule has 3 nitrogen and oxygen atoms in total. The van der Waals surface area contributed by atoms with Crippen LogP contribution >= 0.6 is 11.6 Å². The fourth-order valence-corrected chi connectivity index (χ4v) is 2.90. The van der Waals surface area contributed by atoms with Gasteiger partial charge in [0.05, 0.1) is 5.57 Å². The number of carbonyl (C=O) groups is 2. The van der Waals surface area contributed by atoms with Crippen molar-refractivity contribution in [1.82, 2.24) is 0 Å². The zero-order valence-electron chi connectivity index (χ0n) is 11.8. The van der Waals surface area contributed by atoms with Crippen LogP contribution in [-0.2, 0) is 4.79 Å². The Kier molecular flexibility index (Phi) is 3.74. The molecule has 0 saturated carbocycles. The Balaban J connectivity index is 2.78. The third-order valence-corrected chi connectivity index (χ3v) is 4.07. The van der Waals surface area contributed by atoms with Crippen molar-refractivity contribution in [2.75, 3.05) is 0 Å². The van der Waals surface area contributed by atoms with Crippen LogP contribution in [0.3, 0.4) is 0 Å². The number of aldehydes is 1. The molecule has 4 heteroatoms. The molecule has 0 radical (unpaired) electrons. The molecule has 0 unspecified atom stereocenters. The summed E-state index contributed by atoms with van der Waals surface area (Å²) in [6.45, 7) is 5.57. The van der Waals surface area contributed by atoms with Gasteiger partial charge in [0.25, 0.3) is 0 Å². The summed E-state index contributed by atoms with van der Waals surface area (Å²) in [6.07, 6.45) is 1.60. The van der Waals surface area contributed by atoms with E-state index in [-0.39, 0.29) is 17.1 Å². The maximum atomic E-state index is 12.2. The molecule has 0 fully saturated rings. The van der Waals surface area contributed by atoms with Crippen molar-refractivity contribution in [2.45, 2.75) is 33.6 Å². The fourth-order valence-electron chi connectivity index (χ4n) is 2.52. The number of halogens is 1. The number of benzene rings is 1. The summed E-state index contributed by atoms with van der Waals surface area (Å²) in [5, 5.41) is 10.7. The van der Waals surface area contributed by atoms with Gasteiger partial charge in [-0.15, -0.1) is 0 Å². The Morgan fingerprint density at radius 3 is 2.60 bits per heavy atom. The highest BCUT2D eigenvalue weighted by atomic mass is 35.5. The SMILES string of the molecule is Cc1cc(Cl)c(C2=C(O)C(C)(C)CCC2=O)c(C=O)c1. The molecule has 106 valence electrons. The molecule has 1 aliphatic carbocycles. The van der Waals surface area contributed by atoms with E-state index < -0.39 is 5.41 Å². The Labute approximate surface area is 123 Å². The number of aryl methyl sites for hydroxylation is 1. The number of carbonyl (C=O) groups excluding carboxylic acids is 2. The molecule has 1 aliphatic rings. The maximum absolute atomic E-state index is 12.2. The normalized spacial score (nSPS) is 18.3. The molecule has 20 heavy (non-hydrogen) atoms. The predicted octanol–water partition coefficient (Wildman–Crippen LogP) is 4.12. The second-order valence-electron chi connectivity index (χ2n) is 5.86. The van der Waals surface area contributed by atoms with Gasteiger partial charge in [-0.2, -0.15) is 0 Å². The quantitative estimate of drug-likeness (QED) is 0.834. The molecule has 0 atom stereocenters. The van der Waals surface area contributed by atoms with E-state index in [0.717, 1.165) is 5.56 Å². The monoisotopic (exact) mass is 292 g/mol. The van der Waals surface area contributed by atoms with Gasteiger partial charge in [-0.3, -0.25) is 9.59 Å². The van der Waals surface area contributed by atoms with Gasteiger partial charge in [-0.25, -0.2) is 0 Å². The molecular formula is C16H17ClO3. The van der Waals surface area contributed by atoms with E-state index in [9.17, 15) is 14.7 Å². The topological polar surface area (TPSA) is 54.4 Å². The van der Waals surface area contributed by atoms with E-state index in [1.54, 1.807) is 12.1 Å². The molecule has 0 heterocycles. The van der Waals surface area contributed by atoms with Crippen molar-refractivity contribution in [1.29, 1.82) is 0 Å². The third kappa shape index (κ3) is 2.38. The number of hydrogen-bond acceptors (Lipinski definition) is 3. The van der Waals surface area contributed by atoms with E-state index >= 15 is 0 Å². The highest BCUT2D eigenvalue weighted by Gasteiger charge is 2.36. The largest absolute Gasteiger partial charge is 0.511 e. The second-order valence-corrected chi connectivity index (χ2v) is 6.27. The smallest absolute Gasteiger partial charge is 0.166 e. The standard InChI is InChI=1S/C16H17ClO3/c1-9-6-10(8-18)13(11(17)7-9)14-12(19)4-5-16(2,3)15(14)20/h6-8,20H,4-5H2,1-3H3. The van der Waals surface area contributed by atoms with Gasteiger partial charge in [-0.1, -0.05) is 25.4 Å². The Morgan fingerprint density at radius 1 is 1.35 bits per heavy atom. The van der Waals surface area contributed by atoms with Crippen LogP contribution in [0.15, 0.2) is 17.9 Å². The zero-order chi connectivity index (χ0) is 15.1. The Morgan fingerprint density at radius 2 is 2.00 bits per heavy atom. The van der Waals surface area contributed by atoms with E-state index in [0.29, 0.717) is 35.3 Å². The van der Waals surface area contributed by atoms with E-state index in [2.05, 4.69) is 0 Å². The zero-order valence-corrected chi connectivity index (χ0v) is 12.5. The van der Waals surface area contributed by atoms with Gasteiger partial charge in [-0.05, 0) is 31.0 Å². The van der Waals surface area contributed by atoms with Crippen molar-refractivity contribution in [3.05, 3.63) is 39.6 Å². The maximum Gasteiger partial charge on any atom is 0.166 e. The van der Waals surface area contributed by atoms with Crippen molar-refractivity contribution >= 4 is 29.2 Å². The van der Waals surface area contributed by atoms with Gasteiger partial charge in [0, 0.05) is 28.0 Å². The van der Waals surface area contributed by atoms with Crippen LogP contribution in [0.5, 0.6) is 0 Å². The minimum Gasteiger partial charge on any atom is -0.511 e. The summed E-state index contributed by atoms with van der Waals surface area (Å²) in [7, 11) is 0. The average Bonchev–Trinajstić information content (AvgIpc) is 2.36. The van der Waals surface area contributed by atoms with Crippen molar-refractivity contribution in [3.63, 3.8) is 0 Å². The van der Waals surface area contributed by atoms with E-state index in [1.165, 1.54) is 0 Å². The molecule has 0 saturated heterocycles. The summed E-state index contributed by atoms with van der Waals surface area (Å²) < 4.78 is 0. The number of ketones is 1. The highest BCUT2D eigenvalue weighted by molar-refractivity contribution is 6.36. The first-order valence-electron chi connectivity index (χ1n) is 6.50. The van der Waals surface area contributed by atoms with Gasteiger partial charge < -0.3 is 5.11 Å². The van der Waals surface area contributed by atoms with Crippen LogP contribution in [0.1, 0.15) is 48.2 Å². The number of aliphatic hydroxyl groups is 1. The first kappa shape index (κ1) is 14.8. The lowest BCUT2D eigenvalue weighted by Gasteiger charge is -2.31. The van der Waals surface area contributed by atoms with E-state index in [1.807, 2.05) is 20.8 Å². The van der Waals surface area contributed by atoms with Crippen LogP contribution in [0.25, 0.3) is 5.57 Å². The molecule has 2 rings (SSSR count). The summed E-state index contributed by atoms with van der Waals surface area (Å²) in [4.78, 5) is 23.5. The molecule has 0 bridgehead atoms. The molecule has 0 amide bonds. The number of rotatable bonds is 2. The predicted molar refractivity (Wildman–Crippen MR) is 79.1 cm³/mol. The Hall–Kier alpha value is -1.61. The fraction of sp³-hybridized carbons (Fsp3) is 0.375. The number of allylic oxidation sites excluding steroid dienone is 2. The van der Waals surface area contributed by atoms with Gasteiger partial charge in [0.2, 0.25) is 0 Å². The highest BCUT2D eigenvalue weighted by Crippen LogP contribution is 2.43. The third-order valence-electron chi connectivity index (χ3n) is 3.78. The molecule has 0 aromatic heterocycles. The van der Waals surface area contributed by atoms with Gasteiger partial charge in [0.1, 0.15) is 5.76 Å². The average molecular weight is 293 g/mol. The van der Waals surface area contributed by atoms with Crippen molar-refractivity contribution in [3.8, 4) is 0 Å². The van der Waals surface area contributed by atoms with Crippen molar-refractivity contribution in [2.24, 2.45) is 5.41 Å². The van der Waals surface area contributed by atoms with E-state index in [4.69, 9.17) is 11.6 Å². The van der Waals surface area contributed by atoms with Crippen LogP contribution in [-0.4, -0.2) is 17.2 Å². The molecule has 1 N–H and O–H groups in total. The van der Waals surface area contributed by atoms with Crippen LogP contribution in [0, 0.1) is 12.3 Å². The summed E-state index contributed by atoms with van der Waals surface area (Å²) in [6, 6.07) is 3.36.